The van der Waals surface area contributed by atoms with Gasteiger partial charge < -0.3 is 14.4 Å². The van der Waals surface area contributed by atoms with Crippen molar-refractivity contribution in [1.29, 1.82) is 5.26 Å². The average Bonchev–Trinajstić information content (AvgIpc) is 3.40. The van der Waals surface area contributed by atoms with Gasteiger partial charge >= 0.3 is 6.09 Å². The second-order valence-corrected chi connectivity index (χ2v) is 13.2. The number of nitrogens with zero attached hydrogens (tertiary/aromatic N) is 6. The summed E-state index contributed by atoms with van der Waals surface area (Å²) in [5.41, 5.74) is 0.362. The van der Waals surface area contributed by atoms with Gasteiger partial charge in [0.1, 0.15) is 34.7 Å². The largest absolute Gasteiger partial charge is 0.456 e. The van der Waals surface area contributed by atoms with Gasteiger partial charge in [-0.15, -0.1) is 0 Å². The first-order valence-corrected chi connectivity index (χ1v) is 15.6. The van der Waals surface area contributed by atoms with E-state index >= 15 is 0 Å². The van der Waals surface area contributed by atoms with Crippen LogP contribution in [0.25, 0.3) is 0 Å². The number of piperazine rings is 1. The van der Waals surface area contributed by atoms with Crippen LogP contribution in [0.15, 0.2) is 53.9 Å². The van der Waals surface area contributed by atoms with Crippen LogP contribution in [0.1, 0.15) is 31.9 Å². The van der Waals surface area contributed by atoms with Crippen LogP contribution < -0.4 is 4.74 Å². The molecule has 0 spiro atoms. The molecule has 2 heterocycles. The zero-order valence-electron chi connectivity index (χ0n) is 22.1. The van der Waals surface area contributed by atoms with E-state index in [2.05, 4.69) is 32.7 Å². The maximum atomic E-state index is 14.2. The zero-order chi connectivity index (χ0) is 29.1. The van der Waals surface area contributed by atoms with Crippen molar-refractivity contribution < 1.29 is 22.7 Å². The van der Waals surface area contributed by atoms with E-state index in [0.717, 1.165) is 5.56 Å². The fourth-order valence-corrected chi connectivity index (χ4v) is 6.64. The van der Waals surface area contributed by atoms with Crippen LogP contribution in [0.3, 0.4) is 0 Å². The third kappa shape index (κ3) is 7.22. The highest BCUT2D eigenvalue weighted by molar-refractivity contribution is 14.1. The van der Waals surface area contributed by atoms with Gasteiger partial charge in [0.15, 0.2) is 0 Å². The molecule has 0 bridgehead atoms. The third-order valence-electron chi connectivity index (χ3n) is 5.92. The summed E-state index contributed by atoms with van der Waals surface area (Å²) in [7, 11) is -4.23. The lowest BCUT2D eigenvalue weighted by molar-refractivity contribution is 0.0118. The first-order chi connectivity index (χ1) is 18.9. The molecule has 1 atom stereocenters. The van der Waals surface area contributed by atoms with Gasteiger partial charge in [0.2, 0.25) is 10.0 Å². The van der Waals surface area contributed by atoms with Gasteiger partial charge in [-0.2, -0.15) is 14.7 Å². The molecule has 1 unspecified atom stereocenters. The lowest BCUT2D eigenvalue weighted by atomic mass is 10.2. The van der Waals surface area contributed by atoms with E-state index in [9.17, 15) is 18.5 Å². The van der Waals surface area contributed by atoms with E-state index in [1.165, 1.54) is 44.7 Å². The van der Waals surface area contributed by atoms with E-state index in [1.807, 2.05) is 6.07 Å². The molecular formula is C26H28ClIN6O5S. The van der Waals surface area contributed by atoms with Crippen molar-refractivity contribution in [2.75, 3.05) is 19.6 Å². The Morgan fingerprint density at radius 1 is 1.23 bits per heavy atom. The molecule has 1 aliphatic heterocycles. The van der Waals surface area contributed by atoms with Crippen LogP contribution in [0.4, 0.5) is 4.79 Å². The SMILES string of the molecule is CC(C)(C)OC(=O)N1CCN(S(=O)(=O)c2cc(C#N)ccc2Oc2cc(Cl)cc(CI)c2)C(Cn2cncn2)C1. The maximum absolute atomic E-state index is 14.2. The summed E-state index contributed by atoms with van der Waals surface area (Å²) in [6, 6.07) is 10.7. The molecule has 14 heteroatoms. The number of rotatable bonds is 7. The summed E-state index contributed by atoms with van der Waals surface area (Å²) in [4.78, 5) is 18.1. The van der Waals surface area contributed by atoms with Gasteiger partial charge in [-0.1, -0.05) is 34.2 Å². The normalized spacial score (nSPS) is 16.4. The van der Waals surface area contributed by atoms with Crippen molar-refractivity contribution >= 4 is 50.3 Å². The predicted molar refractivity (Wildman–Crippen MR) is 156 cm³/mol. The van der Waals surface area contributed by atoms with E-state index in [0.29, 0.717) is 15.2 Å². The molecule has 2 aromatic carbocycles. The molecule has 212 valence electrons. The lowest BCUT2D eigenvalue weighted by Crippen LogP contribution is -2.58. The van der Waals surface area contributed by atoms with Crippen LogP contribution >= 0.6 is 34.2 Å². The van der Waals surface area contributed by atoms with Crippen LogP contribution in [0.5, 0.6) is 11.5 Å². The van der Waals surface area contributed by atoms with Gasteiger partial charge in [-0.25, -0.2) is 18.2 Å². The maximum Gasteiger partial charge on any atom is 0.410 e. The standard InChI is InChI=1S/C26H28ClIN6O5S/c1-26(2,3)39-25(35)32-6-7-34(21(14-32)15-33-17-30-16-31-33)40(36,37)24-10-18(13-29)4-5-23(24)38-22-9-19(12-28)8-20(27)11-22/h4-5,8-11,16-17,21H,6-7,12,14-15H2,1-3H3. The minimum absolute atomic E-state index is 0.00664. The molecule has 0 saturated carbocycles. The van der Waals surface area contributed by atoms with Crippen molar-refractivity contribution in [1.82, 2.24) is 24.0 Å². The molecule has 0 aliphatic carbocycles. The quantitative estimate of drug-likeness (QED) is 0.253. The van der Waals surface area contributed by atoms with Crippen molar-refractivity contribution in [2.24, 2.45) is 0 Å². The highest BCUT2D eigenvalue weighted by Crippen LogP contribution is 2.35. The Balaban J connectivity index is 1.71. The topological polar surface area (TPSA) is 131 Å². The Kier molecular flexibility index (Phi) is 9.23. The summed E-state index contributed by atoms with van der Waals surface area (Å²) in [5, 5.41) is 14.1. The van der Waals surface area contributed by atoms with Crippen molar-refractivity contribution in [3.63, 3.8) is 0 Å². The van der Waals surface area contributed by atoms with E-state index in [4.69, 9.17) is 21.1 Å². The monoisotopic (exact) mass is 698 g/mol. The first kappa shape index (κ1) is 30.0. The van der Waals surface area contributed by atoms with Crippen LogP contribution in [0, 0.1) is 11.3 Å². The molecular weight excluding hydrogens is 671 g/mol. The molecule has 0 radical (unpaired) electrons. The second kappa shape index (κ2) is 12.3. The third-order valence-corrected chi connectivity index (χ3v) is 8.99. The number of ether oxygens (including phenoxy) is 2. The van der Waals surface area contributed by atoms with Crippen molar-refractivity contribution in [2.45, 2.75) is 48.3 Å². The molecule has 1 saturated heterocycles. The minimum atomic E-state index is -4.23. The number of nitriles is 1. The van der Waals surface area contributed by atoms with Gasteiger partial charge in [0, 0.05) is 29.1 Å². The van der Waals surface area contributed by atoms with Gasteiger partial charge in [0.05, 0.1) is 24.2 Å². The number of hydrogen-bond donors (Lipinski definition) is 0. The smallest absolute Gasteiger partial charge is 0.410 e. The Morgan fingerprint density at radius 2 is 2.00 bits per heavy atom. The van der Waals surface area contributed by atoms with Crippen LogP contribution in [-0.4, -0.2) is 69.8 Å². The summed E-state index contributed by atoms with van der Waals surface area (Å²) in [6.07, 6.45) is 2.30. The number of aromatic nitrogens is 3. The molecule has 4 rings (SSSR count). The molecule has 1 fully saturated rings. The van der Waals surface area contributed by atoms with Crippen LogP contribution in [-0.2, 0) is 25.7 Å². The van der Waals surface area contributed by atoms with Gasteiger partial charge in [-0.05, 0) is 62.7 Å². The number of amides is 1. The van der Waals surface area contributed by atoms with Crippen LogP contribution in [0.2, 0.25) is 5.02 Å². The number of alkyl halides is 1. The number of carbonyl (C=O) groups is 1. The Morgan fingerprint density at radius 3 is 2.65 bits per heavy atom. The lowest BCUT2D eigenvalue weighted by Gasteiger charge is -2.40. The fourth-order valence-electron chi connectivity index (χ4n) is 4.21. The number of halogens is 2. The number of carbonyl (C=O) groups excluding carboxylic acids is 1. The number of benzene rings is 2. The van der Waals surface area contributed by atoms with Gasteiger partial charge in [-0.3, -0.25) is 4.68 Å². The minimum Gasteiger partial charge on any atom is -0.456 e. The number of hydrogen-bond acceptors (Lipinski definition) is 8. The molecule has 40 heavy (non-hydrogen) atoms. The Hall–Kier alpha value is -2.93. The zero-order valence-corrected chi connectivity index (χ0v) is 25.9. The molecule has 11 nitrogen and oxygen atoms in total. The molecule has 1 aliphatic rings. The summed E-state index contributed by atoms with van der Waals surface area (Å²) >= 11 is 8.45. The van der Waals surface area contributed by atoms with Gasteiger partial charge in [0.25, 0.3) is 0 Å². The molecule has 1 amide bonds. The highest BCUT2D eigenvalue weighted by atomic mass is 127. The summed E-state index contributed by atoms with van der Waals surface area (Å²) < 4.78 is 43.5. The first-order valence-electron chi connectivity index (χ1n) is 12.3. The predicted octanol–water partition coefficient (Wildman–Crippen LogP) is 4.84. The second-order valence-electron chi connectivity index (χ2n) is 10.1. The Labute approximate surface area is 251 Å². The van der Waals surface area contributed by atoms with E-state index in [-0.39, 0.29) is 42.4 Å². The van der Waals surface area contributed by atoms with Crippen molar-refractivity contribution in [3.05, 3.63) is 65.2 Å². The highest BCUT2D eigenvalue weighted by Gasteiger charge is 2.40. The number of sulfonamides is 1. The fraction of sp³-hybridized carbons (Fsp3) is 0.385. The molecule has 0 N–H and O–H groups in total. The molecule has 3 aromatic rings. The van der Waals surface area contributed by atoms with E-state index in [1.54, 1.807) is 39.0 Å². The summed E-state index contributed by atoms with van der Waals surface area (Å²) in [6.45, 7) is 5.62. The Bertz CT molecular complexity index is 1520. The summed E-state index contributed by atoms with van der Waals surface area (Å²) in [5.74, 6) is 0.420. The average molecular weight is 699 g/mol. The molecule has 1 aromatic heterocycles. The van der Waals surface area contributed by atoms with Crippen molar-refractivity contribution in [3.8, 4) is 17.6 Å². The van der Waals surface area contributed by atoms with E-state index < -0.39 is 27.8 Å².